The number of anilines is 1. The van der Waals surface area contributed by atoms with Crippen molar-refractivity contribution in [3.8, 4) is 11.4 Å². The number of carbonyl (C=O) groups excluding carboxylic acids is 1. The Kier molecular flexibility index (Phi) is 7.09. The van der Waals surface area contributed by atoms with E-state index in [1.807, 2.05) is 54.6 Å². The average molecular weight is 438 g/mol. The van der Waals surface area contributed by atoms with Crippen LogP contribution in [0.2, 0.25) is 0 Å². The maximum Gasteiger partial charge on any atom is 0.232 e. The molecule has 1 fully saturated rings. The zero-order valence-electron chi connectivity index (χ0n) is 17.7. The summed E-state index contributed by atoms with van der Waals surface area (Å²) in [6.07, 6.45) is 3.59. The van der Waals surface area contributed by atoms with E-state index in [2.05, 4.69) is 25.0 Å². The molecule has 1 saturated heterocycles. The SMILES string of the molecule is COc1ccc(CNC(=O)CSc2nnc(N3CCCCC3)n2-c2ccccc2)cc1. The Balaban J connectivity index is 1.42. The van der Waals surface area contributed by atoms with Crippen LogP contribution in [-0.2, 0) is 11.3 Å². The number of ether oxygens (including phenoxy) is 1. The second kappa shape index (κ2) is 10.3. The number of para-hydroxylation sites is 1. The molecule has 0 bridgehead atoms. The van der Waals surface area contributed by atoms with Crippen molar-refractivity contribution in [2.24, 2.45) is 0 Å². The molecule has 1 aliphatic rings. The van der Waals surface area contributed by atoms with E-state index in [1.54, 1.807) is 7.11 Å². The number of methoxy groups -OCH3 is 1. The van der Waals surface area contributed by atoms with Crippen LogP contribution >= 0.6 is 11.8 Å². The first-order chi connectivity index (χ1) is 15.2. The van der Waals surface area contributed by atoms with Gasteiger partial charge in [-0.25, -0.2) is 0 Å². The number of hydrogen-bond acceptors (Lipinski definition) is 6. The maximum absolute atomic E-state index is 12.4. The minimum absolute atomic E-state index is 0.0389. The van der Waals surface area contributed by atoms with Crippen LogP contribution < -0.4 is 15.0 Å². The molecule has 4 rings (SSSR count). The lowest BCUT2D eigenvalue weighted by Gasteiger charge is -2.27. The Morgan fingerprint density at radius 2 is 1.77 bits per heavy atom. The highest BCUT2D eigenvalue weighted by molar-refractivity contribution is 7.99. The second-order valence-corrected chi connectivity index (χ2v) is 8.36. The highest BCUT2D eigenvalue weighted by Gasteiger charge is 2.22. The molecule has 0 unspecified atom stereocenters. The fraction of sp³-hybridized carbons (Fsp3) is 0.348. The summed E-state index contributed by atoms with van der Waals surface area (Å²) in [4.78, 5) is 14.7. The highest BCUT2D eigenvalue weighted by Crippen LogP contribution is 2.28. The molecule has 2 heterocycles. The molecule has 0 spiro atoms. The van der Waals surface area contributed by atoms with Gasteiger partial charge < -0.3 is 15.0 Å². The quantitative estimate of drug-likeness (QED) is 0.542. The molecular weight excluding hydrogens is 410 g/mol. The van der Waals surface area contributed by atoms with Crippen LogP contribution in [0.3, 0.4) is 0 Å². The molecule has 0 saturated carbocycles. The summed E-state index contributed by atoms with van der Waals surface area (Å²) < 4.78 is 7.23. The van der Waals surface area contributed by atoms with Gasteiger partial charge in [-0.3, -0.25) is 9.36 Å². The highest BCUT2D eigenvalue weighted by atomic mass is 32.2. The predicted molar refractivity (Wildman–Crippen MR) is 123 cm³/mol. The van der Waals surface area contributed by atoms with Crippen molar-refractivity contribution < 1.29 is 9.53 Å². The van der Waals surface area contributed by atoms with Gasteiger partial charge in [-0.15, -0.1) is 10.2 Å². The normalized spacial score (nSPS) is 13.8. The van der Waals surface area contributed by atoms with Crippen molar-refractivity contribution in [3.63, 3.8) is 0 Å². The van der Waals surface area contributed by atoms with Crippen LogP contribution in [-0.4, -0.2) is 46.6 Å². The Hall–Kier alpha value is -3.00. The van der Waals surface area contributed by atoms with Gasteiger partial charge in [0, 0.05) is 19.6 Å². The van der Waals surface area contributed by atoms with E-state index >= 15 is 0 Å². The fourth-order valence-electron chi connectivity index (χ4n) is 3.58. The van der Waals surface area contributed by atoms with Gasteiger partial charge in [-0.05, 0) is 49.1 Å². The summed E-state index contributed by atoms with van der Waals surface area (Å²) in [6, 6.07) is 17.8. The lowest BCUT2D eigenvalue weighted by molar-refractivity contribution is -0.118. The summed E-state index contributed by atoms with van der Waals surface area (Å²) in [6.45, 7) is 2.45. The van der Waals surface area contributed by atoms with Gasteiger partial charge in [0.2, 0.25) is 11.9 Å². The maximum atomic E-state index is 12.4. The molecule has 2 aromatic carbocycles. The van der Waals surface area contributed by atoms with Crippen LogP contribution in [0.1, 0.15) is 24.8 Å². The van der Waals surface area contributed by atoms with E-state index in [4.69, 9.17) is 4.74 Å². The second-order valence-electron chi connectivity index (χ2n) is 7.41. The number of benzene rings is 2. The van der Waals surface area contributed by atoms with Crippen molar-refractivity contribution in [2.45, 2.75) is 31.0 Å². The molecule has 1 aromatic heterocycles. The van der Waals surface area contributed by atoms with Crippen LogP contribution in [0.5, 0.6) is 5.75 Å². The van der Waals surface area contributed by atoms with Crippen LogP contribution in [0.15, 0.2) is 59.8 Å². The largest absolute Gasteiger partial charge is 0.497 e. The van der Waals surface area contributed by atoms with Crippen molar-refractivity contribution in [1.82, 2.24) is 20.1 Å². The first-order valence-electron chi connectivity index (χ1n) is 10.5. The number of rotatable bonds is 8. The summed E-state index contributed by atoms with van der Waals surface area (Å²) in [7, 11) is 1.64. The average Bonchev–Trinajstić information content (AvgIpc) is 3.27. The fourth-order valence-corrected chi connectivity index (χ4v) is 4.36. The molecule has 0 atom stereocenters. The third-order valence-corrected chi connectivity index (χ3v) is 6.18. The van der Waals surface area contributed by atoms with Crippen LogP contribution in [0.25, 0.3) is 5.69 Å². The van der Waals surface area contributed by atoms with Gasteiger partial charge in [0.25, 0.3) is 0 Å². The van der Waals surface area contributed by atoms with Gasteiger partial charge in [-0.2, -0.15) is 0 Å². The van der Waals surface area contributed by atoms with E-state index in [1.165, 1.54) is 18.2 Å². The van der Waals surface area contributed by atoms with Crippen LogP contribution in [0, 0.1) is 0 Å². The monoisotopic (exact) mass is 437 g/mol. The predicted octanol–water partition coefficient (Wildman–Crippen LogP) is 3.67. The molecule has 1 aliphatic heterocycles. The number of nitrogens with one attached hydrogen (secondary N) is 1. The number of thioether (sulfide) groups is 1. The van der Waals surface area contributed by atoms with Crippen LogP contribution in [0.4, 0.5) is 5.95 Å². The number of hydrogen-bond donors (Lipinski definition) is 1. The Morgan fingerprint density at radius 1 is 1.03 bits per heavy atom. The van der Waals surface area contributed by atoms with Gasteiger partial charge >= 0.3 is 0 Å². The molecule has 1 amide bonds. The summed E-state index contributed by atoms with van der Waals surface area (Å²) in [5.74, 6) is 1.89. The van der Waals surface area contributed by atoms with E-state index in [0.29, 0.717) is 6.54 Å². The van der Waals surface area contributed by atoms with E-state index < -0.39 is 0 Å². The molecule has 3 aromatic rings. The molecule has 31 heavy (non-hydrogen) atoms. The summed E-state index contributed by atoms with van der Waals surface area (Å²) in [5.41, 5.74) is 2.04. The number of nitrogens with zero attached hydrogens (tertiary/aromatic N) is 4. The van der Waals surface area contributed by atoms with Crippen molar-refractivity contribution >= 4 is 23.6 Å². The molecule has 1 N–H and O–H groups in total. The minimum atomic E-state index is -0.0389. The minimum Gasteiger partial charge on any atom is -0.497 e. The van der Waals surface area contributed by atoms with E-state index in [9.17, 15) is 4.79 Å². The van der Waals surface area contributed by atoms with Crippen molar-refractivity contribution in [2.75, 3.05) is 30.9 Å². The summed E-state index contributed by atoms with van der Waals surface area (Å²) in [5, 5.41) is 12.6. The Bertz CT molecular complexity index is 985. The third kappa shape index (κ3) is 5.38. The molecule has 162 valence electrons. The molecular formula is C23H27N5O2S. The Labute approximate surface area is 186 Å². The van der Waals surface area contributed by atoms with E-state index in [-0.39, 0.29) is 11.7 Å². The van der Waals surface area contributed by atoms with Gasteiger partial charge in [0.1, 0.15) is 5.75 Å². The smallest absolute Gasteiger partial charge is 0.232 e. The van der Waals surface area contributed by atoms with Crippen molar-refractivity contribution in [1.29, 1.82) is 0 Å². The first kappa shape index (κ1) is 21.2. The zero-order chi connectivity index (χ0) is 21.5. The van der Waals surface area contributed by atoms with Gasteiger partial charge in [0.05, 0.1) is 18.6 Å². The standard InChI is InChI=1S/C23H27N5O2S/c1-30-20-12-10-18(11-13-20)16-24-21(29)17-31-23-26-25-22(27-14-6-3-7-15-27)28(23)19-8-4-2-5-9-19/h2,4-5,8-13H,3,6-7,14-17H2,1H3,(H,24,29). The molecule has 7 nitrogen and oxygen atoms in total. The van der Waals surface area contributed by atoms with Gasteiger partial charge in [0.15, 0.2) is 5.16 Å². The molecule has 0 radical (unpaired) electrons. The number of amides is 1. The molecule has 0 aliphatic carbocycles. The van der Waals surface area contributed by atoms with E-state index in [0.717, 1.165) is 54.0 Å². The number of carbonyl (C=O) groups is 1. The Morgan fingerprint density at radius 3 is 2.48 bits per heavy atom. The number of aromatic nitrogens is 3. The lowest BCUT2D eigenvalue weighted by Crippen LogP contribution is -2.31. The third-order valence-electron chi connectivity index (χ3n) is 5.25. The van der Waals surface area contributed by atoms with Crippen molar-refractivity contribution in [3.05, 3.63) is 60.2 Å². The topological polar surface area (TPSA) is 72.3 Å². The molecule has 8 heteroatoms. The number of piperidine rings is 1. The first-order valence-corrected chi connectivity index (χ1v) is 11.5. The van der Waals surface area contributed by atoms with Gasteiger partial charge in [-0.1, -0.05) is 42.1 Å². The zero-order valence-corrected chi connectivity index (χ0v) is 18.5. The summed E-state index contributed by atoms with van der Waals surface area (Å²) >= 11 is 1.41. The lowest BCUT2D eigenvalue weighted by atomic mass is 10.1.